The number of nitrogens with zero attached hydrogens (tertiary/aromatic N) is 2. The fraction of sp³-hybridized carbons (Fsp3) is 0. The first kappa shape index (κ1) is 37.6. The van der Waals surface area contributed by atoms with Gasteiger partial charge in [0.25, 0.3) is 0 Å². The van der Waals surface area contributed by atoms with Gasteiger partial charge in [0.1, 0.15) is 22.3 Å². The molecule has 326 valence electrons. The minimum Gasteiger partial charge on any atom is -0.454 e. The van der Waals surface area contributed by atoms with Gasteiger partial charge in [0.2, 0.25) is 0 Å². The summed E-state index contributed by atoms with van der Waals surface area (Å²) in [6.45, 7) is 0. The van der Waals surface area contributed by atoms with Crippen molar-refractivity contribution >= 4 is 154 Å². The fourth-order valence-electron chi connectivity index (χ4n) is 11.6. The van der Waals surface area contributed by atoms with Crippen LogP contribution >= 0.6 is 0 Å². The minimum absolute atomic E-state index is 0.806. The molecule has 0 saturated carbocycles. The van der Waals surface area contributed by atoms with Crippen LogP contribution in [0.25, 0.3) is 120 Å². The molecule has 4 heterocycles. The van der Waals surface area contributed by atoms with Crippen LogP contribution in [0.1, 0.15) is 0 Å². The van der Waals surface area contributed by atoms with Crippen LogP contribution in [0.15, 0.2) is 236 Å². The lowest BCUT2D eigenvalue weighted by atomic mass is 9.91. The first-order chi connectivity index (χ1) is 34.7. The van der Waals surface area contributed by atoms with E-state index in [9.17, 15) is 0 Å². The number of hydrogen-bond donors (Lipinski definition) is 0. The highest BCUT2D eigenvalue weighted by atomic mass is 16.3. The summed E-state index contributed by atoms with van der Waals surface area (Å²) in [5, 5.41) is 15.3. The number of para-hydroxylation sites is 8. The van der Waals surface area contributed by atoms with Gasteiger partial charge in [0, 0.05) is 53.9 Å². The highest BCUT2D eigenvalue weighted by Crippen LogP contribution is 2.53. The maximum Gasteiger partial charge on any atom is 0.159 e. The minimum atomic E-state index is 0.806. The smallest absolute Gasteiger partial charge is 0.159 e. The Morgan fingerprint density at radius 3 is 0.786 bits per heavy atom. The van der Waals surface area contributed by atoms with Gasteiger partial charge < -0.3 is 27.5 Å². The lowest BCUT2D eigenvalue weighted by Gasteiger charge is -2.29. The topological polar surface area (TPSA) is 59.0 Å². The van der Waals surface area contributed by atoms with Crippen molar-refractivity contribution in [3.63, 3.8) is 0 Å². The summed E-state index contributed by atoms with van der Waals surface area (Å²) >= 11 is 0. The molecule has 6 heteroatoms. The van der Waals surface area contributed by atoms with Crippen molar-refractivity contribution in [1.29, 1.82) is 0 Å². The SMILES string of the molecule is c1ccc2c(c1)oc1c(N(c3ccc4ccc5ccc(N(c6cccc7c6oc6ccccc67)c6cccc7c6oc6ccccc67)c6ccc3c4c56)c3cccc4c3oc3ccccc34)cccc12. The lowest BCUT2D eigenvalue weighted by molar-refractivity contribution is 0.665. The van der Waals surface area contributed by atoms with E-state index >= 15 is 0 Å². The van der Waals surface area contributed by atoms with Crippen molar-refractivity contribution in [2.45, 2.75) is 0 Å². The predicted molar refractivity (Wildman–Crippen MR) is 289 cm³/mol. The maximum atomic E-state index is 6.84. The van der Waals surface area contributed by atoms with Crippen molar-refractivity contribution in [2.75, 3.05) is 9.80 Å². The largest absolute Gasteiger partial charge is 0.454 e. The van der Waals surface area contributed by atoms with Crippen molar-refractivity contribution < 1.29 is 17.7 Å². The second-order valence-electron chi connectivity index (χ2n) is 18.3. The van der Waals surface area contributed by atoms with Gasteiger partial charge in [0.15, 0.2) is 22.3 Å². The van der Waals surface area contributed by atoms with Crippen LogP contribution in [0.5, 0.6) is 0 Å². The van der Waals surface area contributed by atoms with Crippen LogP contribution < -0.4 is 9.80 Å². The normalized spacial score (nSPS) is 12.3. The number of hydrogen-bond acceptors (Lipinski definition) is 6. The van der Waals surface area contributed by atoms with Crippen LogP contribution in [0.4, 0.5) is 34.1 Å². The predicted octanol–water partition coefficient (Wildman–Crippen LogP) is 19.1. The van der Waals surface area contributed by atoms with Crippen molar-refractivity contribution in [3.8, 4) is 0 Å². The summed E-state index contributed by atoms with van der Waals surface area (Å²) < 4.78 is 27.3. The molecule has 0 atom stereocenters. The number of benzene rings is 12. The molecule has 0 bridgehead atoms. The maximum absolute atomic E-state index is 6.84. The lowest BCUT2D eigenvalue weighted by Crippen LogP contribution is -2.12. The molecular weight excluding hydrogens is 861 g/mol. The molecule has 0 fully saturated rings. The number of fused-ring (bicyclic) bond motifs is 12. The van der Waals surface area contributed by atoms with Gasteiger partial charge >= 0.3 is 0 Å². The number of anilines is 6. The van der Waals surface area contributed by atoms with Crippen LogP contribution in [-0.2, 0) is 0 Å². The van der Waals surface area contributed by atoms with Crippen molar-refractivity contribution in [3.05, 3.63) is 218 Å². The zero-order valence-corrected chi connectivity index (χ0v) is 37.3. The molecular formula is C64H36N2O4. The van der Waals surface area contributed by atoms with E-state index in [4.69, 9.17) is 17.7 Å². The quantitative estimate of drug-likeness (QED) is 0.155. The third kappa shape index (κ3) is 5.11. The van der Waals surface area contributed by atoms with E-state index in [0.29, 0.717) is 0 Å². The first-order valence-corrected chi connectivity index (χ1v) is 23.7. The summed E-state index contributed by atoms with van der Waals surface area (Å²) in [7, 11) is 0. The number of rotatable bonds is 6. The van der Waals surface area contributed by atoms with Gasteiger partial charge in [-0.15, -0.1) is 0 Å². The zero-order chi connectivity index (χ0) is 45.6. The van der Waals surface area contributed by atoms with Crippen LogP contribution in [0.3, 0.4) is 0 Å². The highest BCUT2D eigenvalue weighted by Gasteiger charge is 2.28. The highest BCUT2D eigenvalue weighted by molar-refractivity contribution is 6.29. The molecule has 70 heavy (non-hydrogen) atoms. The molecule has 0 N–H and O–H groups in total. The van der Waals surface area contributed by atoms with E-state index in [0.717, 1.165) is 154 Å². The Morgan fingerprint density at radius 1 is 0.200 bits per heavy atom. The molecule has 6 nitrogen and oxygen atoms in total. The van der Waals surface area contributed by atoms with Crippen LogP contribution in [0.2, 0.25) is 0 Å². The molecule has 16 aromatic rings. The van der Waals surface area contributed by atoms with Crippen LogP contribution in [-0.4, -0.2) is 0 Å². The van der Waals surface area contributed by atoms with Gasteiger partial charge in [0.05, 0.1) is 34.1 Å². The molecule has 4 aromatic heterocycles. The van der Waals surface area contributed by atoms with Crippen molar-refractivity contribution in [1.82, 2.24) is 0 Å². The van der Waals surface area contributed by atoms with E-state index in [2.05, 4.69) is 180 Å². The van der Waals surface area contributed by atoms with Crippen molar-refractivity contribution in [2.24, 2.45) is 0 Å². The third-order valence-electron chi connectivity index (χ3n) is 14.6. The number of furan rings is 4. The third-order valence-corrected chi connectivity index (χ3v) is 14.6. The van der Waals surface area contributed by atoms with Gasteiger partial charge in [-0.25, -0.2) is 0 Å². The van der Waals surface area contributed by atoms with Gasteiger partial charge in [-0.2, -0.15) is 0 Å². The average molecular weight is 897 g/mol. The Labute approximate surface area is 398 Å². The zero-order valence-electron chi connectivity index (χ0n) is 37.3. The Hall–Kier alpha value is -9.52. The Bertz CT molecular complexity index is 4290. The molecule has 0 aliphatic carbocycles. The van der Waals surface area contributed by atoms with Gasteiger partial charge in [-0.1, -0.05) is 158 Å². The Morgan fingerprint density at radius 2 is 0.471 bits per heavy atom. The molecule has 0 aliphatic rings. The second kappa shape index (κ2) is 14.0. The van der Waals surface area contributed by atoms with E-state index < -0.39 is 0 Å². The summed E-state index contributed by atoms with van der Waals surface area (Å²) in [6.07, 6.45) is 0. The molecule has 0 aliphatic heterocycles. The fourth-order valence-corrected chi connectivity index (χ4v) is 11.6. The summed E-state index contributed by atoms with van der Waals surface area (Å²) in [6, 6.07) is 77.0. The monoisotopic (exact) mass is 896 g/mol. The molecule has 0 unspecified atom stereocenters. The second-order valence-corrected chi connectivity index (χ2v) is 18.3. The summed E-state index contributed by atoms with van der Waals surface area (Å²) in [5.41, 5.74) is 12.3. The molecule has 12 aromatic carbocycles. The average Bonchev–Trinajstić information content (AvgIpc) is 4.20. The van der Waals surface area contributed by atoms with E-state index in [1.807, 2.05) is 48.5 Å². The van der Waals surface area contributed by atoms with Gasteiger partial charge in [-0.3, -0.25) is 0 Å². The molecule has 16 rings (SSSR count). The van der Waals surface area contributed by atoms with Crippen LogP contribution in [0, 0.1) is 0 Å². The first-order valence-electron chi connectivity index (χ1n) is 23.7. The Balaban J connectivity index is 0.998. The Kier molecular flexibility index (Phi) is 7.52. The molecule has 0 amide bonds. The summed E-state index contributed by atoms with van der Waals surface area (Å²) in [4.78, 5) is 4.69. The molecule has 0 saturated heterocycles. The van der Waals surface area contributed by atoms with E-state index in [-0.39, 0.29) is 0 Å². The molecule has 0 spiro atoms. The van der Waals surface area contributed by atoms with E-state index in [1.165, 1.54) is 0 Å². The van der Waals surface area contributed by atoms with E-state index in [1.54, 1.807) is 0 Å². The molecule has 0 radical (unpaired) electrons. The standard InChI is InChI=1S/C64H36N2O4/c1-5-25-55-39(13-1)43-17-9-21-51(61(43)67-55)65(52-22-10-18-44-40-14-2-6-26-56(40)68-62(44)52)49-35-31-37-29-30-38-32-36-50(48-34-33-47(49)59(37)60(38)48)66(53-23-11-19-45-41-15-3-7-27-57(41)69-63(45)53)54-24-12-20-46-42-16-4-8-28-58(42)70-64(46)54/h1-36H. The van der Waals surface area contributed by atoms with Gasteiger partial charge in [-0.05, 0) is 82.2 Å². The summed E-state index contributed by atoms with van der Waals surface area (Å²) in [5.74, 6) is 0.